The van der Waals surface area contributed by atoms with E-state index in [0.29, 0.717) is 3.58 Å². The highest BCUT2D eigenvalue weighted by atomic mass is 127. The van der Waals surface area contributed by atoms with Crippen LogP contribution in [0.3, 0.4) is 0 Å². The van der Waals surface area contributed by atoms with E-state index in [1.807, 2.05) is 53.8 Å². The zero-order valence-corrected chi connectivity index (χ0v) is 13.7. The topological polar surface area (TPSA) is 34.1 Å². The van der Waals surface area contributed by atoms with E-state index in [0.717, 1.165) is 23.3 Å². The second-order valence-electron chi connectivity index (χ2n) is 4.33. The van der Waals surface area contributed by atoms with Crippen molar-refractivity contribution in [2.75, 3.05) is 0 Å². The van der Waals surface area contributed by atoms with E-state index in [1.165, 1.54) is 17.5 Å². The summed E-state index contributed by atoms with van der Waals surface area (Å²) in [5.74, 6) is -0.457. The molecule has 0 saturated heterocycles. The average molecular weight is 402 g/mol. The number of sulfone groups is 1. The summed E-state index contributed by atoms with van der Waals surface area (Å²) < 4.78 is 37.8. The molecule has 0 saturated carbocycles. The highest BCUT2D eigenvalue weighted by molar-refractivity contribution is 14.1. The van der Waals surface area contributed by atoms with Crippen molar-refractivity contribution >= 4 is 36.0 Å². The third-order valence-corrected chi connectivity index (χ3v) is 5.56. The highest BCUT2D eigenvalue weighted by Crippen LogP contribution is 2.25. The Morgan fingerprint density at radius 2 is 1.60 bits per heavy atom. The van der Waals surface area contributed by atoms with Crippen molar-refractivity contribution in [3.05, 3.63) is 70.9 Å². The summed E-state index contributed by atoms with van der Waals surface area (Å²) in [7, 11) is -3.57. The zero-order chi connectivity index (χ0) is 14.8. The molecule has 0 aliphatic heterocycles. The van der Waals surface area contributed by atoms with Crippen molar-refractivity contribution in [2.45, 2.75) is 11.8 Å². The van der Waals surface area contributed by atoms with Gasteiger partial charge in [0, 0.05) is 8.99 Å². The molecular formula is C15H12FIO2S. The molecule has 5 heteroatoms. The normalized spacial score (nSPS) is 12.4. The number of halogens is 2. The van der Waals surface area contributed by atoms with E-state index in [-0.39, 0.29) is 4.90 Å². The van der Waals surface area contributed by atoms with Crippen molar-refractivity contribution in [1.82, 2.24) is 0 Å². The Bertz CT molecular complexity index is 732. The largest absolute Gasteiger partial charge is 0.219 e. The molecule has 0 unspecified atom stereocenters. The summed E-state index contributed by atoms with van der Waals surface area (Å²) in [5.41, 5.74) is 1.95. The number of hydrogen-bond acceptors (Lipinski definition) is 2. The van der Waals surface area contributed by atoms with Gasteiger partial charge in [-0.1, -0.05) is 29.8 Å². The van der Waals surface area contributed by atoms with Crippen LogP contribution < -0.4 is 0 Å². The zero-order valence-electron chi connectivity index (χ0n) is 10.7. The lowest BCUT2D eigenvalue weighted by Gasteiger charge is -2.03. The third kappa shape index (κ3) is 3.67. The SMILES string of the molecule is Cc1ccc(/C(I)=C\S(=O)(=O)c2ccc(F)cc2)cc1. The quantitative estimate of drug-likeness (QED) is 0.566. The van der Waals surface area contributed by atoms with Gasteiger partial charge < -0.3 is 0 Å². The van der Waals surface area contributed by atoms with Crippen LogP contribution in [0.2, 0.25) is 0 Å². The first-order chi connectivity index (χ1) is 9.38. The van der Waals surface area contributed by atoms with E-state index in [4.69, 9.17) is 0 Å². The summed E-state index contributed by atoms with van der Waals surface area (Å²) in [6.45, 7) is 1.97. The van der Waals surface area contributed by atoms with Crippen LogP contribution in [0.15, 0.2) is 58.8 Å². The molecule has 0 radical (unpaired) electrons. The fourth-order valence-corrected chi connectivity index (χ4v) is 4.03. The predicted molar refractivity (Wildman–Crippen MR) is 86.8 cm³/mol. The maximum absolute atomic E-state index is 12.8. The number of hydrogen-bond donors (Lipinski definition) is 0. The van der Waals surface area contributed by atoms with Gasteiger partial charge in [0.2, 0.25) is 9.84 Å². The Labute approximate surface area is 131 Å². The monoisotopic (exact) mass is 402 g/mol. The van der Waals surface area contributed by atoms with Crippen LogP contribution in [0.4, 0.5) is 4.39 Å². The van der Waals surface area contributed by atoms with Crippen molar-refractivity contribution in [3.63, 3.8) is 0 Å². The van der Waals surface area contributed by atoms with Crippen LogP contribution >= 0.6 is 22.6 Å². The van der Waals surface area contributed by atoms with E-state index in [1.54, 1.807) is 0 Å². The lowest BCUT2D eigenvalue weighted by Crippen LogP contribution is -1.97. The molecule has 104 valence electrons. The first-order valence-electron chi connectivity index (χ1n) is 5.83. The molecule has 2 rings (SSSR count). The fourth-order valence-electron chi connectivity index (χ4n) is 1.61. The Balaban J connectivity index is 2.37. The van der Waals surface area contributed by atoms with Gasteiger partial charge in [-0.25, -0.2) is 12.8 Å². The standard InChI is InChI=1S/C15H12FIO2S/c1-11-2-4-12(5-3-11)15(17)10-20(18,19)14-8-6-13(16)7-9-14/h2-10H,1H3/b15-10+. The number of aryl methyl sites for hydroxylation is 1. The molecule has 0 aliphatic carbocycles. The molecule has 0 N–H and O–H groups in total. The summed E-state index contributed by atoms with van der Waals surface area (Å²) in [5, 5.41) is 1.20. The number of rotatable bonds is 3. The van der Waals surface area contributed by atoms with Gasteiger partial charge in [0.1, 0.15) is 5.82 Å². The lowest BCUT2D eigenvalue weighted by atomic mass is 10.1. The Hall–Kier alpha value is -1.21. The van der Waals surface area contributed by atoms with Gasteiger partial charge >= 0.3 is 0 Å². The van der Waals surface area contributed by atoms with Crippen molar-refractivity contribution < 1.29 is 12.8 Å². The van der Waals surface area contributed by atoms with Gasteiger partial charge in [-0.3, -0.25) is 0 Å². The Morgan fingerprint density at radius 3 is 2.15 bits per heavy atom. The second-order valence-corrected chi connectivity index (χ2v) is 7.29. The minimum atomic E-state index is -3.57. The molecule has 2 aromatic carbocycles. The van der Waals surface area contributed by atoms with Gasteiger partial charge in [-0.15, -0.1) is 0 Å². The van der Waals surface area contributed by atoms with Crippen LogP contribution in [-0.4, -0.2) is 8.42 Å². The molecule has 2 aromatic rings. The smallest absolute Gasteiger partial charge is 0.200 e. The van der Waals surface area contributed by atoms with Crippen molar-refractivity contribution in [3.8, 4) is 0 Å². The lowest BCUT2D eigenvalue weighted by molar-refractivity contribution is 0.603. The summed E-state index contributed by atoms with van der Waals surface area (Å²) >= 11 is 1.99. The Kier molecular flexibility index (Phi) is 4.59. The molecule has 0 aromatic heterocycles. The van der Waals surface area contributed by atoms with Gasteiger partial charge in [0.05, 0.1) is 4.90 Å². The minimum absolute atomic E-state index is 0.0835. The predicted octanol–water partition coefficient (Wildman–Crippen LogP) is 4.34. The molecule has 0 heterocycles. The molecule has 0 amide bonds. The molecule has 0 aliphatic rings. The van der Waals surface area contributed by atoms with E-state index >= 15 is 0 Å². The molecular weight excluding hydrogens is 390 g/mol. The summed E-state index contributed by atoms with van der Waals surface area (Å²) in [4.78, 5) is 0.0835. The molecule has 20 heavy (non-hydrogen) atoms. The van der Waals surface area contributed by atoms with E-state index in [2.05, 4.69) is 0 Å². The van der Waals surface area contributed by atoms with E-state index < -0.39 is 15.7 Å². The van der Waals surface area contributed by atoms with Crippen LogP contribution in [0.5, 0.6) is 0 Å². The van der Waals surface area contributed by atoms with Crippen LogP contribution in [0, 0.1) is 12.7 Å². The van der Waals surface area contributed by atoms with Gasteiger partial charge in [-0.05, 0) is 59.3 Å². The first-order valence-corrected chi connectivity index (χ1v) is 8.46. The van der Waals surface area contributed by atoms with Gasteiger partial charge in [-0.2, -0.15) is 0 Å². The maximum atomic E-state index is 12.8. The molecule has 2 nitrogen and oxygen atoms in total. The van der Waals surface area contributed by atoms with Crippen LogP contribution in [0.25, 0.3) is 3.58 Å². The van der Waals surface area contributed by atoms with E-state index in [9.17, 15) is 12.8 Å². The molecule has 0 atom stereocenters. The second kappa shape index (κ2) is 6.05. The molecule has 0 fully saturated rings. The van der Waals surface area contributed by atoms with Gasteiger partial charge in [0.15, 0.2) is 0 Å². The molecule has 0 spiro atoms. The summed E-state index contributed by atoms with van der Waals surface area (Å²) in [6, 6.07) is 12.4. The third-order valence-electron chi connectivity index (χ3n) is 2.73. The Morgan fingerprint density at radius 1 is 1.05 bits per heavy atom. The number of benzene rings is 2. The molecule has 0 bridgehead atoms. The van der Waals surface area contributed by atoms with Gasteiger partial charge in [0.25, 0.3) is 0 Å². The maximum Gasteiger partial charge on any atom is 0.200 e. The van der Waals surface area contributed by atoms with Crippen LogP contribution in [0.1, 0.15) is 11.1 Å². The average Bonchev–Trinajstić information content (AvgIpc) is 2.39. The highest BCUT2D eigenvalue weighted by Gasteiger charge is 2.12. The van der Waals surface area contributed by atoms with Crippen molar-refractivity contribution in [1.29, 1.82) is 0 Å². The fraction of sp³-hybridized carbons (Fsp3) is 0.0667. The van der Waals surface area contributed by atoms with Crippen LogP contribution in [-0.2, 0) is 9.84 Å². The summed E-state index contributed by atoms with van der Waals surface area (Å²) in [6.07, 6.45) is 0. The minimum Gasteiger partial charge on any atom is -0.219 e. The van der Waals surface area contributed by atoms with Crippen molar-refractivity contribution in [2.24, 2.45) is 0 Å². The first kappa shape index (κ1) is 15.2.